The smallest absolute Gasteiger partial charge is 0.149 e. The van der Waals surface area contributed by atoms with Crippen LogP contribution in [-0.4, -0.2) is 41.6 Å². The molecule has 0 aliphatic carbocycles. The van der Waals surface area contributed by atoms with Crippen molar-refractivity contribution < 1.29 is 4.74 Å². The van der Waals surface area contributed by atoms with Gasteiger partial charge in [0.05, 0.1) is 25.5 Å². The normalized spacial score (nSPS) is 16.3. The minimum absolute atomic E-state index is 0.296. The van der Waals surface area contributed by atoms with Gasteiger partial charge in [0.15, 0.2) is 0 Å². The molecule has 1 unspecified atom stereocenters. The second kappa shape index (κ2) is 7.62. The molecule has 23 heavy (non-hydrogen) atoms. The van der Waals surface area contributed by atoms with Crippen molar-refractivity contribution in [3.8, 4) is 5.75 Å². The van der Waals surface area contributed by atoms with Gasteiger partial charge in [0.25, 0.3) is 0 Å². The molecular weight excluding hydrogens is 312 g/mol. The molecule has 0 saturated carbocycles. The molecule has 2 aromatic rings. The molecular formula is C17H21ClN4O. The van der Waals surface area contributed by atoms with Crippen molar-refractivity contribution in [2.45, 2.75) is 18.9 Å². The summed E-state index contributed by atoms with van der Waals surface area (Å²) in [7, 11) is 1.69. The van der Waals surface area contributed by atoms with E-state index in [2.05, 4.69) is 32.3 Å². The number of methoxy groups -OCH3 is 1. The predicted molar refractivity (Wildman–Crippen MR) is 92.1 cm³/mol. The van der Waals surface area contributed by atoms with Crippen molar-refractivity contribution in [1.82, 2.24) is 14.9 Å². The maximum atomic E-state index is 5.90. The molecule has 5 nitrogen and oxygen atoms in total. The number of benzene rings is 1. The first-order chi connectivity index (χ1) is 11.3. The highest BCUT2D eigenvalue weighted by Gasteiger charge is 2.23. The van der Waals surface area contributed by atoms with E-state index in [0.717, 1.165) is 25.4 Å². The molecule has 3 rings (SSSR count). The van der Waals surface area contributed by atoms with Gasteiger partial charge in [0, 0.05) is 6.54 Å². The van der Waals surface area contributed by atoms with Crippen LogP contribution in [0.4, 0.5) is 5.82 Å². The zero-order valence-electron chi connectivity index (χ0n) is 13.2. The van der Waals surface area contributed by atoms with Crippen LogP contribution in [0.25, 0.3) is 0 Å². The number of nitrogens with zero attached hydrogens (tertiary/aromatic N) is 3. The lowest BCUT2D eigenvalue weighted by atomic mass is 10.1. The van der Waals surface area contributed by atoms with Crippen molar-refractivity contribution in [2.24, 2.45) is 0 Å². The minimum atomic E-state index is 0.296. The van der Waals surface area contributed by atoms with Crippen LogP contribution in [-0.2, 0) is 0 Å². The molecule has 0 bridgehead atoms. The van der Waals surface area contributed by atoms with Crippen LogP contribution in [0.2, 0.25) is 5.15 Å². The number of likely N-dealkylation sites (tertiary alicyclic amines) is 1. The topological polar surface area (TPSA) is 50.3 Å². The summed E-state index contributed by atoms with van der Waals surface area (Å²) in [6.45, 7) is 3.01. The lowest BCUT2D eigenvalue weighted by molar-refractivity contribution is 0.255. The van der Waals surface area contributed by atoms with Gasteiger partial charge in [-0.05, 0) is 43.6 Å². The van der Waals surface area contributed by atoms with E-state index in [1.807, 2.05) is 12.1 Å². The van der Waals surface area contributed by atoms with Gasteiger partial charge in [-0.3, -0.25) is 9.88 Å². The highest BCUT2D eigenvalue weighted by molar-refractivity contribution is 6.29. The van der Waals surface area contributed by atoms with E-state index < -0.39 is 0 Å². The number of rotatable bonds is 6. The Labute approximate surface area is 141 Å². The molecule has 1 N–H and O–H groups in total. The van der Waals surface area contributed by atoms with Crippen LogP contribution < -0.4 is 10.1 Å². The van der Waals surface area contributed by atoms with Crippen molar-refractivity contribution in [1.29, 1.82) is 0 Å². The number of hydrogen-bond acceptors (Lipinski definition) is 5. The zero-order valence-corrected chi connectivity index (χ0v) is 14.0. The van der Waals surface area contributed by atoms with Gasteiger partial charge in [-0.25, -0.2) is 4.98 Å². The molecule has 1 saturated heterocycles. The Morgan fingerprint density at radius 3 is 2.61 bits per heavy atom. The fraction of sp³-hybridized carbons (Fsp3) is 0.412. The van der Waals surface area contributed by atoms with Crippen LogP contribution in [0.15, 0.2) is 36.7 Å². The molecule has 6 heteroatoms. The Kier molecular flexibility index (Phi) is 5.31. The lowest BCUT2D eigenvalue weighted by Crippen LogP contribution is -2.31. The number of anilines is 1. The standard InChI is InChI=1S/C17H21ClN4O/c1-23-14-6-4-13(5-7-14)15(22-8-2-3-9-22)10-20-17-12-19-11-16(18)21-17/h4-7,11-12,15H,2-3,8-10H2,1H3,(H,20,21). The van der Waals surface area contributed by atoms with E-state index in [-0.39, 0.29) is 0 Å². The number of aromatic nitrogens is 2. The second-order valence-electron chi connectivity index (χ2n) is 5.64. The van der Waals surface area contributed by atoms with Crippen molar-refractivity contribution in [3.63, 3.8) is 0 Å². The maximum Gasteiger partial charge on any atom is 0.149 e. The van der Waals surface area contributed by atoms with Crippen LogP contribution in [0.1, 0.15) is 24.4 Å². The highest BCUT2D eigenvalue weighted by atomic mass is 35.5. The molecule has 1 aromatic heterocycles. The summed E-state index contributed by atoms with van der Waals surface area (Å²) in [6, 6.07) is 8.58. The largest absolute Gasteiger partial charge is 0.497 e. The number of nitrogens with one attached hydrogen (secondary N) is 1. The summed E-state index contributed by atoms with van der Waals surface area (Å²) < 4.78 is 5.25. The van der Waals surface area contributed by atoms with Gasteiger partial charge < -0.3 is 10.1 Å². The lowest BCUT2D eigenvalue weighted by Gasteiger charge is -2.28. The van der Waals surface area contributed by atoms with E-state index in [4.69, 9.17) is 16.3 Å². The third-order valence-corrected chi connectivity index (χ3v) is 4.35. The van der Waals surface area contributed by atoms with Gasteiger partial charge in [0.2, 0.25) is 0 Å². The summed E-state index contributed by atoms with van der Waals surface area (Å²) in [4.78, 5) is 10.8. The van der Waals surface area contributed by atoms with Gasteiger partial charge >= 0.3 is 0 Å². The Hall–Kier alpha value is -1.85. The fourth-order valence-corrected chi connectivity index (χ4v) is 3.11. The molecule has 0 amide bonds. The molecule has 0 spiro atoms. The summed E-state index contributed by atoms with van der Waals surface area (Å²) in [5.41, 5.74) is 1.27. The van der Waals surface area contributed by atoms with E-state index in [9.17, 15) is 0 Å². The monoisotopic (exact) mass is 332 g/mol. The zero-order chi connectivity index (χ0) is 16.1. The van der Waals surface area contributed by atoms with Crippen molar-refractivity contribution in [3.05, 3.63) is 47.4 Å². The average molecular weight is 333 g/mol. The van der Waals surface area contributed by atoms with Gasteiger partial charge in [0.1, 0.15) is 16.7 Å². The molecule has 1 aliphatic heterocycles. The molecule has 2 heterocycles. The SMILES string of the molecule is COc1ccc(C(CNc2cncc(Cl)n2)N2CCCC2)cc1. The van der Waals surface area contributed by atoms with Gasteiger partial charge in [-0.2, -0.15) is 0 Å². The third kappa shape index (κ3) is 4.12. The van der Waals surface area contributed by atoms with E-state index in [0.29, 0.717) is 17.0 Å². The van der Waals surface area contributed by atoms with Crippen LogP contribution in [0.5, 0.6) is 5.75 Å². The summed E-state index contributed by atoms with van der Waals surface area (Å²) in [6.07, 6.45) is 5.74. The summed E-state index contributed by atoms with van der Waals surface area (Å²) in [5, 5.41) is 3.76. The first-order valence-corrected chi connectivity index (χ1v) is 8.23. The Bertz CT molecular complexity index is 629. The first-order valence-electron chi connectivity index (χ1n) is 7.85. The molecule has 0 radical (unpaired) electrons. The minimum Gasteiger partial charge on any atom is -0.497 e. The Morgan fingerprint density at radius 1 is 1.22 bits per heavy atom. The van der Waals surface area contributed by atoms with E-state index >= 15 is 0 Å². The molecule has 1 aromatic carbocycles. The first kappa shape index (κ1) is 16.0. The quantitative estimate of drug-likeness (QED) is 0.878. The van der Waals surface area contributed by atoms with E-state index in [1.165, 1.54) is 24.6 Å². The van der Waals surface area contributed by atoms with Crippen LogP contribution >= 0.6 is 11.6 Å². The highest BCUT2D eigenvalue weighted by Crippen LogP contribution is 2.27. The van der Waals surface area contributed by atoms with Crippen molar-refractivity contribution in [2.75, 3.05) is 32.1 Å². The predicted octanol–water partition coefficient (Wildman–Crippen LogP) is 3.39. The Balaban J connectivity index is 1.74. The molecule has 122 valence electrons. The summed E-state index contributed by atoms with van der Waals surface area (Å²) >= 11 is 5.90. The van der Waals surface area contributed by atoms with Crippen LogP contribution in [0, 0.1) is 0 Å². The second-order valence-corrected chi connectivity index (χ2v) is 6.03. The number of halogens is 1. The summed E-state index contributed by atoms with van der Waals surface area (Å²) in [5.74, 6) is 1.58. The van der Waals surface area contributed by atoms with Gasteiger partial charge in [-0.15, -0.1) is 0 Å². The average Bonchev–Trinajstić information content (AvgIpc) is 3.10. The number of hydrogen-bond donors (Lipinski definition) is 1. The number of ether oxygens (including phenoxy) is 1. The fourth-order valence-electron chi connectivity index (χ4n) is 2.97. The third-order valence-electron chi connectivity index (χ3n) is 4.16. The van der Waals surface area contributed by atoms with Crippen LogP contribution in [0.3, 0.4) is 0 Å². The van der Waals surface area contributed by atoms with Gasteiger partial charge in [-0.1, -0.05) is 23.7 Å². The van der Waals surface area contributed by atoms with Crippen molar-refractivity contribution >= 4 is 17.4 Å². The van der Waals surface area contributed by atoms with E-state index in [1.54, 1.807) is 13.3 Å². The molecule has 1 aliphatic rings. The molecule has 1 atom stereocenters. The Morgan fingerprint density at radius 2 is 1.96 bits per heavy atom. The molecule has 1 fully saturated rings. The maximum absolute atomic E-state index is 5.90.